The first kappa shape index (κ1) is 59.1. The van der Waals surface area contributed by atoms with E-state index >= 15 is 0 Å². The van der Waals surface area contributed by atoms with Gasteiger partial charge in [-0.2, -0.15) is 0 Å². The molecule has 0 saturated carbocycles. The highest BCUT2D eigenvalue weighted by Gasteiger charge is 2.47. The molecule has 6 heterocycles. The molecule has 2 atom stereocenters. The second-order valence-corrected chi connectivity index (χ2v) is 29.3. The summed E-state index contributed by atoms with van der Waals surface area (Å²) in [6, 6.07) is 31.6. The van der Waals surface area contributed by atoms with Crippen molar-refractivity contribution >= 4 is 82.2 Å². The Labute approximate surface area is 505 Å². The fourth-order valence-corrected chi connectivity index (χ4v) is 12.8. The van der Waals surface area contributed by atoms with E-state index in [2.05, 4.69) is 86.1 Å². The summed E-state index contributed by atoms with van der Waals surface area (Å²) < 4.78 is 35.8. The SMILES string of the molecule is CC(C)(C)[Si](C)(C)Oc1ccc(F)cc1C(C(=O)Nc1nccs1)N1C(=O)c2ccc(-c3ccc(N4CCNCC4)cc3)cc2C1=O.O=C(Nc1nccs1)C(c1cc(F)ccc1O)N1Cc2ccc(-c3ccc(N4CCNCC4)cc3)cc2C1=O. The lowest BCUT2D eigenvalue weighted by Gasteiger charge is -2.38. The van der Waals surface area contributed by atoms with Gasteiger partial charge in [-0.1, -0.05) is 63.2 Å². The predicted molar refractivity (Wildman–Crippen MR) is 334 cm³/mol. The molecule has 8 aromatic rings. The van der Waals surface area contributed by atoms with Crippen molar-refractivity contribution in [3.63, 3.8) is 0 Å². The first-order valence-corrected chi connectivity index (χ1v) is 32.9. The van der Waals surface area contributed by atoms with Crippen LogP contribution in [0.5, 0.6) is 11.5 Å². The minimum absolute atomic E-state index is 0.00828. The van der Waals surface area contributed by atoms with Crippen molar-refractivity contribution in [1.29, 1.82) is 0 Å². The molecule has 4 aliphatic rings. The predicted octanol–water partition coefficient (Wildman–Crippen LogP) is 11.1. The van der Waals surface area contributed by atoms with Crippen LogP contribution in [0.15, 0.2) is 144 Å². The highest BCUT2D eigenvalue weighted by atomic mass is 32.1. The zero-order valence-electron chi connectivity index (χ0n) is 48.0. The largest absolute Gasteiger partial charge is 0.543 e. The molecule has 5 amide bonds. The summed E-state index contributed by atoms with van der Waals surface area (Å²) in [4.78, 5) is 84.5. The van der Waals surface area contributed by atoms with E-state index in [1.807, 2.05) is 55.6 Å². The van der Waals surface area contributed by atoms with E-state index in [9.17, 15) is 37.9 Å². The highest BCUT2D eigenvalue weighted by molar-refractivity contribution is 7.14. The molecule has 22 heteroatoms. The van der Waals surface area contributed by atoms with Gasteiger partial charge in [-0.15, -0.1) is 22.7 Å². The third-order valence-electron chi connectivity index (χ3n) is 16.3. The van der Waals surface area contributed by atoms with Crippen LogP contribution in [-0.2, 0) is 16.1 Å². The number of thiazole rings is 2. The molecule has 12 rings (SSSR count). The van der Waals surface area contributed by atoms with Gasteiger partial charge in [-0.25, -0.2) is 18.7 Å². The molecule has 2 fully saturated rings. The Morgan fingerprint density at radius 2 is 1.09 bits per heavy atom. The van der Waals surface area contributed by atoms with E-state index < -0.39 is 55.7 Å². The summed E-state index contributed by atoms with van der Waals surface area (Å²) >= 11 is 2.41. The monoisotopic (exact) mass is 1210 g/mol. The molecule has 0 spiro atoms. The van der Waals surface area contributed by atoms with Gasteiger partial charge in [-0.3, -0.25) is 39.5 Å². The maximum Gasteiger partial charge on any atom is 0.262 e. The standard InChI is InChI=1S/C35H38FN5O4SSi.C29H26FN5O3S/c1-35(2,3)47(4,5)45-29-13-9-24(36)21-28(29)30(31(42)39-34-38-16-19-46-34)41-32(43)26-12-8-23(20-27(26)33(41)44)22-6-10-25(11-7-22)40-17-14-37-15-18-40;30-21-5-8-25(36)24(16-21)26(27(37)33-29-32-11-14-39-29)35-17-20-2-1-19(15-23(20)28(35)38)18-3-6-22(7-4-18)34-12-9-31-10-13-34/h6-13,16,19-21,30,37H,14-15,17-18H2,1-5H3,(H,38,39,42);1-8,11,14-16,26,31,36H,9-10,12-13,17H2,(H,32,33,37). The number of hydrogen-bond acceptors (Lipinski definition) is 15. The van der Waals surface area contributed by atoms with E-state index in [0.717, 1.165) is 109 Å². The molecule has 2 aromatic heterocycles. The van der Waals surface area contributed by atoms with Crippen molar-refractivity contribution in [1.82, 2.24) is 30.4 Å². The summed E-state index contributed by atoms with van der Waals surface area (Å²) in [5.74, 6) is -4.22. The second-order valence-electron chi connectivity index (χ2n) is 22.8. The van der Waals surface area contributed by atoms with Crippen LogP contribution in [0.4, 0.5) is 30.4 Å². The number of fused-ring (bicyclic) bond motifs is 2. The molecule has 17 nitrogen and oxygen atoms in total. The lowest BCUT2D eigenvalue weighted by atomic mass is 10.00. The average molecular weight is 1220 g/mol. The van der Waals surface area contributed by atoms with Gasteiger partial charge in [0.05, 0.1) is 11.1 Å². The lowest BCUT2D eigenvalue weighted by molar-refractivity contribution is -0.121. The van der Waals surface area contributed by atoms with Gasteiger partial charge < -0.3 is 34.9 Å². The van der Waals surface area contributed by atoms with E-state index in [4.69, 9.17) is 4.43 Å². The lowest BCUT2D eigenvalue weighted by Crippen LogP contribution is -2.45. The molecule has 6 aromatic carbocycles. The van der Waals surface area contributed by atoms with Gasteiger partial charge >= 0.3 is 0 Å². The van der Waals surface area contributed by atoms with Crippen molar-refractivity contribution in [2.75, 3.05) is 72.8 Å². The molecular formula is C64H64F2N10O7S2Si. The quantitative estimate of drug-likeness (QED) is 0.0509. The van der Waals surface area contributed by atoms with Crippen molar-refractivity contribution in [2.24, 2.45) is 0 Å². The van der Waals surface area contributed by atoms with E-state index in [1.54, 1.807) is 35.2 Å². The van der Waals surface area contributed by atoms with Crippen molar-refractivity contribution in [3.05, 3.63) is 189 Å². The van der Waals surface area contributed by atoms with Crippen LogP contribution in [0.1, 0.15) is 80.6 Å². The number of carbonyl (C=O) groups is 5. The summed E-state index contributed by atoms with van der Waals surface area (Å²) in [6.45, 7) is 18.0. The van der Waals surface area contributed by atoms with Crippen LogP contribution in [0, 0.1) is 11.6 Å². The number of aromatic hydroxyl groups is 1. The number of rotatable bonds is 14. The molecule has 86 heavy (non-hydrogen) atoms. The third kappa shape index (κ3) is 12.4. The van der Waals surface area contributed by atoms with Crippen LogP contribution in [0.3, 0.4) is 0 Å². The second kappa shape index (κ2) is 24.7. The van der Waals surface area contributed by atoms with Crippen LogP contribution in [0.25, 0.3) is 22.3 Å². The van der Waals surface area contributed by atoms with Crippen LogP contribution < -0.4 is 35.5 Å². The zero-order valence-corrected chi connectivity index (χ0v) is 50.7. The maximum atomic E-state index is 15.0. The summed E-state index contributed by atoms with van der Waals surface area (Å²) in [7, 11) is -2.49. The molecule has 2 unspecified atom stereocenters. The van der Waals surface area contributed by atoms with Gasteiger partial charge in [0.25, 0.3) is 29.5 Å². The number of benzene rings is 6. The average Bonchev–Trinajstić information content (AvgIpc) is 1.69. The van der Waals surface area contributed by atoms with Gasteiger partial charge in [-0.05, 0) is 125 Å². The number of imide groups is 1. The number of hydrogen-bond donors (Lipinski definition) is 5. The third-order valence-corrected chi connectivity index (χ3v) is 22.1. The van der Waals surface area contributed by atoms with Gasteiger partial charge in [0.1, 0.15) is 35.2 Å². The molecule has 0 radical (unpaired) electrons. The number of carbonyl (C=O) groups excluding carboxylic acids is 5. The van der Waals surface area contributed by atoms with Crippen molar-refractivity contribution in [3.8, 4) is 33.8 Å². The van der Waals surface area contributed by atoms with Gasteiger partial charge in [0.2, 0.25) is 8.32 Å². The zero-order chi connectivity index (χ0) is 60.4. The minimum atomic E-state index is -2.49. The number of anilines is 4. The molecule has 4 aliphatic heterocycles. The van der Waals surface area contributed by atoms with E-state index in [-0.39, 0.29) is 56.4 Å². The molecule has 0 aliphatic carbocycles. The van der Waals surface area contributed by atoms with Crippen LogP contribution in [-0.4, -0.2) is 115 Å². The Morgan fingerprint density at radius 1 is 0.605 bits per heavy atom. The fourth-order valence-electron chi connectivity index (χ4n) is 10.7. The van der Waals surface area contributed by atoms with Crippen LogP contribution in [0.2, 0.25) is 18.1 Å². The Hall–Kier alpha value is -8.67. The summed E-state index contributed by atoms with van der Waals surface area (Å²) in [5, 5.41) is 26.5. The van der Waals surface area contributed by atoms with E-state index in [1.165, 1.54) is 58.0 Å². The molecule has 0 bridgehead atoms. The minimum Gasteiger partial charge on any atom is -0.543 e. The number of nitrogens with one attached hydrogen (secondary N) is 4. The van der Waals surface area contributed by atoms with Gasteiger partial charge in [0.15, 0.2) is 10.3 Å². The molecular weight excluding hydrogens is 1150 g/mol. The first-order chi connectivity index (χ1) is 41.3. The van der Waals surface area contributed by atoms with Crippen molar-refractivity contribution in [2.45, 2.75) is 57.5 Å². The smallest absolute Gasteiger partial charge is 0.262 e. The number of aromatic nitrogens is 2. The Kier molecular flexibility index (Phi) is 17.0. The number of amides is 5. The Bertz CT molecular complexity index is 3840. The molecule has 2 saturated heterocycles. The number of phenolic OH excluding ortho intramolecular Hbond substituents is 1. The summed E-state index contributed by atoms with van der Waals surface area (Å²) in [5.41, 5.74) is 7.45. The molecule has 442 valence electrons. The number of nitrogens with zero attached hydrogens (tertiary/aromatic N) is 6. The number of halogens is 2. The van der Waals surface area contributed by atoms with Crippen molar-refractivity contribution < 1.29 is 42.3 Å². The normalized spacial score (nSPS) is 15.8. The maximum absolute atomic E-state index is 15.0. The topological polar surface area (TPSA) is 202 Å². The Balaban J connectivity index is 0.000000182. The fraction of sp³-hybridized carbons (Fsp3) is 0.266. The van der Waals surface area contributed by atoms with Gasteiger partial charge in [0, 0.05) is 110 Å². The first-order valence-electron chi connectivity index (χ1n) is 28.3. The summed E-state index contributed by atoms with van der Waals surface area (Å²) in [6.07, 6.45) is 3.08. The highest BCUT2D eigenvalue weighted by Crippen LogP contribution is 2.44. The van der Waals surface area contributed by atoms with E-state index in [0.29, 0.717) is 10.7 Å². The number of phenols is 1. The Morgan fingerprint density at radius 3 is 1.63 bits per heavy atom. The molecule has 5 N–H and O–H groups in total. The number of piperazine rings is 2. The van der Waals surface area contributed by atoms with Crippen LogP contribution >= 0.6 is 22.7 Å².